The molecule has 8 nitrogen and oxygen atoms in total. The van der Waals surface area contributed by atoms with Crippen molar-refractivity contribution in [3.8, 4) is 0 Å². The van der Waals surface area contributed by atoms with E-state index in [1.54, 1.807) is 21.1 Å². The summed E-state index contributed by atoms with van der Waals surface area (Å²) in [5.41, 5.74) is 0. The number of ether oxygens (including phenoxy) is 3. The molecular weight excluding hydrogens is 811 g/mol. The molecule has 0 saturated heterocycles. The molecule has 2 atom stereocenters. The van der Waals surface area contributed by atoms with E-state index in [9.17, 15) is 19.5 Å². The number of likely N-dealkylation sites (N-methyl/N-ethyl adjacent to an activating group) is 1. The molecule has 0 aromatic carbocycles. The van der Waals surface area contributed by atoms with Crippen molar-refractivity contribution >= 4 is 17.9 Å². The van der Waals surface area contributed by atoms with Crippen molar-refractivity contribution < 1.29 is 38.2 Å². The molecule has 0 radical (unpaired) electrons. The Hall–Kier alpha value is -2.71. The van der Waals surface area contributed by atoms with E-state index in [0.29, 0.717) is 12.8 Å². The molecule has 2 unspecified atom stereocenters. The van der Waals surface area contributed by atoms with Crippen molar-refractivity contribution in [1.29, 1.82) is 0 Å². The van der Waals surface area contributed by atoms with Crippen LogP contribution in [0, 0.1) is 0 Å². The maximum Gasteiger partial charge on any atom is 0.306 e. The Morgan fingerprint density at radius 1 is 0.477 bits per heavy atom. The summed E-state index contributed by atoms with van der Waals surface area (Å²) in [6.45, 7) is 4.65. The first-order valence-electron chi connectivity index (χ1n) is 27.2. The SMILES string of the molecule is CCCCC/C=C/C=C/CCCCCCCCCCCCC(=O)OCC(COCCC(C(=O)[O-])[N+](C)(C)C)OC(=O)CCCCCCCCC/C=C/C/C=C/CCCCCCCCCC. The quantitative estimate of drug-likeness (QED) is 0.0197. The van der Waals surface area contributed by atoms with Crippen molar-refractivity contribution in [2.75, 3.05) is 41.0 Å². The maximum absolute atomic E-state index is 12.8. The Balaban J connectivity index is 4.23. The number of carboxylic acid groups (broad SMARTS) is 1. The minimum absolute atomic E-state index is 0.0368. The van der Waals surface area contributed by atoms with Crippen LogP contribution in [0.5, 0.6) is 0 Å². The first kappa shape index (κ1) is 62.3. The summed E-state index contributed by atoms with van der Waals surface area (Å²) >= 11 is 0. The van der Waals surface area contributed by atoms with Gasteiger partial charge in [0, 0.05) is 19.3 Å². The number of quaternary nitrogens is 1. The van der Waals surface area contributed by atoms with Gasteiger partial charge in [0.2, 0.25) is 0 Å². The summed E-state index contributed by atoms with van der Waals surface area (Å²) in [6.07, 6.45) is 58.5. The Morgan fingerprint density at radius 3 is 1.31 bits per heavy atom. The van der Waals surface area contributed by atoms with Gasteiger partial charge < -0.3 is 28.6 Å². The van der Waals surface area contributed by atoms with Crippen LogP contribution in [0.3, 0.4) is 0 Å². The van der Waals surface area contributed by atoms with Crippen LogP contribution < -0.4 is 5.11 Å². The Labute approximate surface area is 401 Å². The van der Waals surface area contributed by atoms with Crippen molar-refractivity contribution in [2.24, 2.45) is 0 Å². The van der Waals surface area contributed by atoms with Crippen molar-refractivity contribution in [2.45, 2.75) is 257 Å². The highest BCUT2D eigenvalue weighted by Crippen LogP contribution is 2.15. The lowest BCUT2D eigenvalue weighted by Crippen LogP contribution is -2.55. The number of rotatable bonds is 49. The molecule has 0 amide bonds. The fourth-order valence-electron chi connectivity index (χ4n) is 7.98. The van der Waals surface area contributed by atoms with Crippen LogP contribution in [-0.4, -0.2) is 75.5 Å². The molecule has 0 heterocycles. The molecule has 0 aliphatic heterocycles. The van der Waals surface area contributed by atoms with Crippen LogP contribution in [0.25, 0.3) is 0 Å². The summed E-state index contributed by atoms with van der Waals surface area (Å²) in [5, 5.41) is 11.7. The average Bonchev–Trinajstić information content (AvgIpc) is 3.27. The van der Waals surface area contributed by atoms with Gasteiger partial charge in [0.25, 0.3) is 0 Å². The van der Waals surface area contributed by atoms with Gasteiger partial charge in [0.15, 0.2) is 6.10 Å². The monoisotopic (exact) mass is 914 g/mol. The molecule has 0 fully saturated rings. The van der Waals surface area contributed by atoms with Crippen molar-refractivity contribution in [3.63, 3.8) is 0 Å². The predicted octanol–water partition coefficient (Wildman–Crippen LogP) is 14.6. The Bertz CT molecular complexity index is 1200. The molecule has 0 saturated carbocycles. The smallest absolute Gasteiger partial charge is 0.306 e. The van der Waals surface area contributed by atoms with E-state index in [1.165, 1.54) is 161 Å². The van der Waals surface area contributed by atoms with Crippen LogP contribution in [-0.2, 0) is 28.6 Å². The van der Waals surface area contributed by atoms with Gasteiger partial charge in [0.05, 0.1) is 40.3 Å². The van der Waals surface area contributed by atoms with E-state index < -0.39 is 18.1 Å². The van der Waals surface area contributed by atoms with Crippen LogP contribution >= 0.6 is 0 Å². The van der Waals surface area contributed by atoms with Gasteiger partial charge in [-0.3, -0.25) is 9.59 Å². The fraction of sp³-hybridized carbons (Fsp3) is 0.807. The zero-order valence-corrected chi connectivity index (χ0v) is 43.2. The highest BCUT2D eigenvalue weighted by molar-refractivity contribution is 5.70. The Morgan fingerprint density at radius 2 is 0.862 bits per heavy atom. The largest absolute Gasteiger partial charge is 0.544 e. The van der Waals surface area contributed by atoms with Gasteiger partial charge >= 0.3 is 11.9 Å². The molecule has 0 aliphatic carbocycles. The summed E-state index contributed by atoms with van der Waals surface area (Å²) < 4.78 is 17.3. The van der Waals surface area contributed by atoms with Crippen LogP contribution in [0.1, 0.15) is 245 Å². The van der Waals surface area contributed by atoms with E-state index in [-0.39, 0.29) is 42.7 Å². The number of aliphatic carboxylic acids is 1. The van der Waals surface area contributed by atoms with Crippen LogP contribution in [0.2, 0.25) is 0 Å². The number of carbonyl (C=O) groups is 3. The number of nitrogens with zero attached hydrogens (tertiary/aromatic N) is 1. The molecule has 0 aliphatic rings. The first-order chi connectivity index (χ1) is 31.6. The lowest BCUT2D eigenvalue weighted by Gasteiger charge is -2.34. The van der Waals surface area contributed by atoms with E-state index >= 15 is 0 Å². The van der Waals surface area contributed by atoms with Gasteiger partial charge in [-0.1, -0.05) is 204 Å². The third-order valence-electron chi connectivity index (χ3n) is 12.2. The number of hydrogen-bond donors (Lipinski definition) is 0. The zero-order chi connectivity index (χ0) is 47.7. The molecule has 0 rings (SSSR count). The zero-order valence-electron chi connectivity index (χ0n) is 43.2. The van der Waals surface area contributed by atoms with Gasteiger partial charge in [-0.2, -0.15) is 0 Å². The van der Waals surface area contributed by atoms with Gasteiger partial charge in [-0.25, -0.2) is 0 Å². The molecule has 65 heavy (non-hydrogen) atoms. The van der Waals surface area contributed by atoms with Gasteiger partial charge in [0.1, 0.15) is 12.6 Å². The van der Waals surface area contributed by atoms with Gasteiger partial charge in [-0.05, 0) is 70.6 Å². The highest BCUT2D eigenvalue weighted by atomic mass is 16.6. The maximum atomic E-state index is 12.8. The van der Waals surface area contributed by atoms with Crippen molar-refractivity contribution in [1.82, 2.24) is 0 Å². The summed E-state index contributed by atoms with van der Waals surface area (Å²) in [4.78, 5) is 37.1. The normalized spacial score (nSPS) is 13.2. The third-order valence-corrected chi connectivity index (χ3v) is 12.2. The third kappa shape index (κ3) is 46.2. The molecular formula is C57H103NO7. The highest BCUT2D eigenvalue weighted by Gasteiger charge is 2.25. The number of carbonyl (C=O) groups excluding carboxylic acids is 3. The second kappa shape index (κ2) is 47.8. The number of carboxylic acids is 1. The standard InChI is InChI=1S/C57H103NO7/c1-6-8-10-12-14-16-18-20-22-24-26-27-28-30-32-34-36-38-40-42-44-46-48-56(60)65-53(51-63-50-49-54(57(61)62)58(3,4)5)52-64-55(59)47-45-43-41-39-37-35-33-31-29-25-23-21-19-17-15-13-11-9-7-2/h15,17,19,21,24,26,28,30,53-54H,6-14,16,18,20,22-23,25,27,29,31-52H2,1-5H3/b17-15+,21-19+,26-24+,30-28+. The van der Waals surface area contributed by atoms with E-state index in [4.69, 9.17) is 14.2 Å². The van der Waals surface area contributed by atoms with E-state index in [1.807, 2.05) is 0 Å². The number of allylic oxidation sites excluding steroid dienone is 8. The number of unbranched alkanes of at least 4 members (excludes halogenated alkanes) is 28. The first-order valence-corrected chi connectivity index (χ1v) is 27.2. The number of esters is 2. The molecule has 0 bridgehead atoms. The predicted molar refractivity (Wildman–Crippen MR) is 273 cm³/mol. The minimum atomic E-state index is -1.13. The second-order valence-electron chi connectivity index (χ2n) is 19.5. The molecule has 0 aromatic heterocycles. The fourth-order valence-corrected chi connectivity index (χ4v) is 7.98. The molecule has 0 N–H and O–H groups in total. The lowest BCUT2D eigenvalue weighted by molar-refractivity contribution is -0.889. The molecule has 0 spiro atoms. The number of hydrogen-bond acceptors (Lipinski definition) is 7. The second-order valence-corrected chi connectivity index (χ2v) is 19.5. The molecule has 8 heteroatoms. The minimum Gasteiger partial charge on any atom is -0.544 e. The molecule has 378 valence electrons. The van der Waals surface area contributed by atoms with Crippen LogP contribution in [0.4, 0.5) is 0 Å². The Kier molecular flexibility index (Phi) is 45.8. The van der Waals surface area contributed by atoms with Gasteiger partial charge in [-0.15, -0.1) is 0 Å². The van der Waals surface area contributed by atoms with Crippen molar-refractivity contribution in [3.05, 3.63) is 48.6 Å². The summed E-state index contributed by atoms with van der Waals surface area (Å²) in [7, 11) is 5.42. The summed E-state index contributed by atoms with van der Waals surface area (Å²) in [5.74, 6) is -1.74. The molecule has 0 aromatic rings. The van der Waals surface area contributed by atoms with E-state index in [2.05, 4.69) is 62.5 Å². The average molecular weight is 914 g/mol. The van der Waals surface area contributed by atoms with Crippen LogP contribution in [0.15, 0.2) is 48.6 Å². The topological polar surface area (TPSA) is 102 Å². The lowest BCUT2D eigenvalue weighted by atomic mass is 10.1. The van der Waals surface area contributed by atoms with E-state index in [0.717, 1.165) is 51.4 Å². The summed E-state index contributed by atoms with van der Waals surface area (Å²) in [6, 6.07) is -0.729.